The van der Waals surface area contributed by atoms with Crippen molar-refractivity contribution in [3.05, 3.63) is 29.3 Å². The van der Waals surface area contributed by atoms with Crippen LogP contribution < -0.4 is 5.32 Å². The molecule has 0 aliphatic carbocycles. The first kappa shape index (κ1) is 19.9. The minimum absolute atomic E-state index is 0.0460. The predicted molar refractivity (Wildman–Crippen MR) is 99.1 cm³/mol. The maximum atomic E-state index is 12.7. The fourth-order valence-electron chi connectivity index (χ4n) is 3.15. The number of benzene rings is 1. The molecule has 1 aromatic rings. The second kappa shape index (κ2) is 8.78. The molecule has 6 nitrogen and oxygen atoms in total. The molecule has 1 heterocycles. The van der Waals surface area contributed by atoms with Crippen molar-refractivity contribution in [3.63, 3.8) is 0 Å². The van der Waals surface area contributed by atoms with Gasteiger partial charge in [0.2, 0.25) is 15.9 Å². The average molecular weight is 368 g/mol. The second-order valence-corrected chi connectivity index (χ2v) is 8.55. The van der Waals surface area contributed by atoms with Crippen LogP contribution in [0.2, 0.25) is 0 Å². The van der Waals surface area contributed by atoms with Gasteiger partial charge in [0.25, 0.3) is 0 Å². The first-order valence-electron chi connectivity index (χ1n) is 8.75. The lowest BCUT2D eigenvalue weighted by atomic mass is 9.98. The number of aryl methyl sites for hydroxylation is 2. The number of nitrogens with zero attached hydrogens (tertiary/aromatic N) is 1. The van der Waals surface area contributed by atoms with Crippen molar-refractivity contribution in [2.75, 3.05) is 37.9 Å². The smallest absolute Gasteiger partial charge is 0.228 e. The number of anilines is 1. The number of carbonyl (C=O) groups is 1. The summed E-state index contributed by atoms with van der Waals surface area (Å²) in [5.41, 5.74) is 2.97. The van der Waals surface area contributed by atoms with Crippen LogP contribution in [0.25, 0.3) is 0 Å². The number of hydrogen-bond acceptors (Lipinski definition) is 4. The number of para-hydroxylation sites is 1. The highest BCUT2D eigenvalue weighted by atomic mass is 32.2. The molecule has 0 bridgehead atoms. The summed E-state index contributed by atoms with van der Waals surface area (Å²) in [6, 6.07) is 5.96. The van der Waals surface area contributed by atoms with Crippen molar-refractivity contribution in [1.82, 2.24) is 4.31 Å². The highest BCUT2D eigenvalue weighted by Crippen LogP contribution is 2.25. The maximum absolute atomic E-state index is 12.7. The van der Waals surface area contributed by atoms with E-state index in [9.17, 15) is 13.2 Å². The summed E-state index contributed by atoms with van der Waals surface area (Å²) in [7, 11) is -1.90. The zero-order chi connectivity index (χ0) is 18.4. The van der Waals surface area contributed by atoms with E-state index in [1.54, 1.807) is 0 Å². The highest BCUT2D eigenvalue weighted by Gasteiger charge is 2.32. The van der Waals surface area contributed by atoms with E-state index in [4.69, 9.17) is 4.74 Å². The van der Waals surface area contributed by atoms with E-state index in [0.29, 0.717) is 19.4 Å². The summed E-state index contributed by atoms with van der Waals surface area (Å²) in [6.45, 7) is 4.90. The number of piperidine rings is 1. The zero-order valence-corrected chi connectivity index (χ0v) is 16.1. The van der Waals surface area contributed by atoms with Crippen LogP contribution in [-0.2, 0) is 26.0 Å². The van der Waals surface area contributed by atoms with E-state index < -0.39 is 10.0 Å². The van der Waals surface area contributed by atoms with Gasteiger partial charge in [-0.3, -0.25) is 4.79 Å². The lowest BCUT2D eigenvalue weighted by Crippen LogP contribution is -2.45. The van der Waals surface area contributed by atoms with E-state index in [2.05, 4.69) is 12.2 Å². The number of ether oxygens (including phenoxy) is 1. The van der Waals surface area contributed by atoms with E-state index in [1.165, 1.54) is 11.4 Å². The fraction of sp³-hybridized carbons (Fsp3) is 0.611. The molecule has 1 aliphatic heterocycles. The van der Waals surface area contributed by atoms with E-state index >= 15 is 0 Å². The standard InChI is InChI=1S/C18H28N2O4S/c1-4-15-8-5-7-14(2)17(15)19-18(21)16-9-6-10-20(13-16)25(22,23)12-11-24-3/h5,7-8,16H,4,6,9-13H2,1-3H3,(H,19,21). The van der Waals surface area contributed by atoms with Crippen LogP contribution in [0, 0.1) is 12.8 Å². The summed E-state index contributed by atoms with van der Waals surface area (Å²) in [5.74, 6) is -0.471. The Morgan fingerprint density at radius 2 is 2.16 bits per heavy atom. The lowest BCUT2D eigenvalue weighted by molar-refractivity contribution is -0.120. The first-order valence-corrected chi connectivity index (χ1v) is 10.4. The number of carbonyl (C=O) groups excluding carboxylic acids is 1. The van der Waals surface area contributed by atoms with Crippen LogP contribution >= 0.6 is 0 Å². The number of hydrogen-bond donors (Lipinski definition) is 1. The van der Waals surface area contributed by atoms with Gasteiger partial charge in [-0.05, 0) is 37.3 Å². The third kappa shape index (κ3) is 5.03. The number of nitrogens with one attached hydrogen (secondary N) is 1. The Labute approximate surface area is 150 Å². The molecule has 1 aliphatic rings. The zero-order valence-electron chi connectivity index (χ0n) is 15.2. The molecule has 1 fully saturated rings. The van der Waals surface area contributed by atoms with Gasteiger partial charge in [0.1, 0.15) is 0 Å². The largest absolute Gasteiger partial charge is 0.384 e. The quantitative estimate of drug-likeness (QED) is 0.800. The Morgan fingerprint density at radius 3 is 2.84 bits per heavy atom. The lowest BCUT2D eigenvalue weighted by Gasteiger charge is -2.31. The third-order valence-electron chi connectivity index (χ3n) is 4.68. The van der Waals surface area contributed by atoms with E-state index in [0.717, 1.165) is 23.2 Å². The number of rotatable bonds is 7. The van der Waals surface area contributed by atoms with Crippen LogP contribution in [0.3, 0.4) is 0 Å². The molecule has 1 aromatic carbocycles. The molecule has 0 aromatic heterocycles. The van der Waals surface area contributed by atoms with E-state index in [-0.39, 0.29) is 30.7 Å². The van der Waals surface area contributed by atoms with Crippen LogP contribution in [0.1, 0.15) is 30.9 Å². The van der Waals surface area contributed by atoms with Crippen molar-refractivity contribution in [2.24, 2.45) is 5.92 Å². The Hall–Kier alpha value is -1.44. The SMILES string of the molecule is CCc1cccc(C)c1NC(=O)C1CCCN(S(=O)(=O)CCOC)C1. The average Bonchev–Trinajstić information content (AvgIpc) is 2.61. The third-order valence-corrected chi connectivity index (χ3v) is 6.48. The van der Waals surface area contributed by atoms with Crippen LogP contribution in [0.15, 0.2) is 18.2 Å². The van der Waals surface area contributed by atoms with Crippen molar-refractivity contribution < 1.29 is 17.9 Å². The van der Waals surface area contributed by atoms with Crippen molar-refractivity contribution >= 4 is 21.6 Å². The molecule has 1 amide bonds. The molecular weight excluding hydrogens is 340 g/mol. The van der Waals surface area contributed by atoms with Crippen molar-refractivity contribution in [3.8, 4) is 0 Å². The molecule has 1 atom stereocenters. The molecule has 140 valence electrons. The molecule has 0 spiro atoms. The number of methoxy groups -OCH3 is 1. The Kier molecular flexibility index (Phi) is 6.98. The van der Waals surface area contributed by atoms with Gasteiger partial charge in [-0.1, -0.05) is 25.1 Å². The van der Waals surface area contributed by atoms with Gasteiger partial charge < -0.3 is 10.1 Å². The topological polar surface area (TPSA) is 75.7 Å². The predicted octanol–water partition coefficient (Wildman–Crippen LogP) is 2.18. The molecule has 1 N–H and O–H groups in total. The Balaban J connectivity index is 2.08. The first-order chi connectivity index (χ1) is 11.9. The van der Waals surface area contributed by atoms with Gasteiger partial charge in [-0.15, -0.1) is 0 Å². The van der Waals surface area contributed by atoms with Crippen LogP contribution in [-0.4, -0.2) is 51.2 Å². The molecule has 0 radical (unpaired) electrons. The molecular formula is C18H28N2O4S. The highest BCUT2D eigenvalue weighted by molar-refractivity contribution is 7.89. The maximum Gasteiger partial charge on any atom is 0.228 e. The summed E-state index contributed by atoms with van der Waals surface area (Å²) in [6.07, 6.45) is 2.23. The minimum Gasteiger partial charge on any atom is -0.384 e. The summed E-state index contributed by atoms with van der Waals surface area (Å²) in [5, 5.41) is 3.03. The minimum atomic E-state index is -3.38. The van der Waals surface area contributed by atoms with Gasteiger partial charge in [0.15, 0.2) is 0 Å². The van der Waals surface area contributed by atoms with Gasteiger partial charge in [-0.2, -0.15) is 0 Å². The molecule has 2 rings (SSSR count). The van der Waals surface area contributed by atoms with Gasteiger partial charge in [0.05, 0.1) is 18.3 Å². The number of amides is 1. The van der Waals surface area contributed by atoms with Gasteiger partial charge in [-0.25, -0.2) is 12.7 Å². The molecule has 25 heavy (non-hydrogen) atoms. The Morgan fingerprint density at radius 1 is 1.40 bits per heavy atom. The van der Waals surface area contributed by atoms with Gasteiger partial charge >= 0.3 is 0 Å². The molecule has 0 saturated carbocycles. The van der Waals surface area contributed by atoms with Crippen LogP contribution in [0.5, 0.6) is 0 Å². The molecule has 1 unspecified atom stereocenters. The molecule has 1 saturated heterocycles. The fourth-order valence-corrected chi connectivity index (χ4v) is 4.60. The molecule has 7 heteroatoms. The normalized spacial score (nSPS) is 18.9. The van der Waals surface area contributed by atoms with Gasteiger partial charge in [0, 0.05) is 25.9 Å². The summed E-state index contributed by atoms with van der Waals surface area (Å²) in [4.78, 5) is 12.7. The number of sulfonamides is 1. The second-order valence-electron chi connectivity index (χ2n) is 6.46. The monoisotopic (exact) mass is 368 g/mol. The van der Waals surface area contributed by atoms with Crippen molar-refractivity contribution in [2.45, 2.75) is 33.1 Å². The summed E-state index contributed by atoms with van der Waals surface area (Å²) >= 11 is 0. The Bertz CT molecular complexity index is 703. The van der Waals surface area contributed by atoms with Crippen molar-refractivity contribution in [1.29, 1.82) is 0 Å². The van der Waals surface area contributed by atoms with Crippen LogP contribution in [0.4, 0.5) is 5.69 Å². The summed E-state index contributed by atoms with van der Waals surface area (Å²) < 4.78 is 31.0. The van der Waals surface area contributed by atoms with E-state index in [1.807, 2.05) is 25.1 Å².